The first-order valence-corrected chi connectivity index (χ1v) is 10.1. The van der Waals surface area contributed by atoms with E-state index < -0.39 is 9.84 Å². The van der Waals surface area contributed by atoms with Crippen molar-refractivity contribution in [1.82, 2.24) is 15.1 Å². The summed E-state index contributed by atoms with van der Waals surface area (Å²) in [6.45, 7) is 0.668. The minimum Gasteiger partial charge on any atom is -0.306 e. The van der Waals surface area contributed by atoms with E-state index in [2.05, 4.69) is 10.4 Å². The molecule has 0 bridgehead atoms. The monoisotopic (exact) mass is 349 g/mol. The Morgan fingerprint density at radius 3 is 3.00 bits per heavy atom. The highest BCUT2D eigenvalue weighted by Gasteiger charge is 2.29. The average molecular weight is 349 g/mol. The van der Waals surface area contributed by atoms with Gasteiger partial charge in [0.2, 0.25) is 0 Å². The van der Waals surface area contributed by atoms with E-state index in [9.17, 15) is 12.8 Å². The lowest BCUT2D eigenvalue weighted by Crippen LogP contribution is -2.18. The maximum Gasteiger partial charge on any atom is 0.152 e. The van der Waals surface area contributed by atoms with E-state index in [0.29, 0.717) is 13.0 Å². The van der Waals surface area contributed by atoms with Crippen molar-refractivity contribution in [2.45, 2.75) is 37.9 Å². The van der Waals surface area contributed by atoms with E-state index >= 15 is 0 Å². The molecule has 2 atom stereocenters. The fourth-order valence-electron chi connectivity index (χ4n) is 3.69. The molecule has 0 saturated carbocycles. The Hall–Kier alpha value is -1.73. The van der Waals surface area contributed by atoms with E-state index in [-0.39, 0.29) is 29.4 Å². The normalized spacial score (nSPS) is 25.0. The molecule has 0 unspecified atom stereocenters. The highest BCUT2D eigenvalue weighted by atomic mass is 32.2. The van der Waals surface area contributed by atoms with Crippen LogP contribution in [0.4, 0.5) is 4.39 Å². The number of nitrogens with zero attached hydrogens (tertiary/aromatic N) is 2. The molecular weight excluding hydrogens is 329 g/mol. The molecule has 1 aliphatic carbocycles. The minimum atomic E-state index is -2.90. The van der Waals surface area contributed by atoms with Crippen molar-refractivity contribution in [2.24, 2.45) is 0 Å². The second-order valence-corrected chi connectivity index (χ2v) is 8.93. The van der Waals surface area contributed by atoms with Crippen molar-refractivity contribution < 1.29 is 12.8 Å². The lowest BCUT2D eigenvalue weighted by molar-refractivity contribution is 0.497. The van der Waals surface area contributed by atoms with Gasteiger partial charge in [0.1, 0.15) is 5.82 Å². The van der Waals surface area contributed by atoms with Crippen LogP contribution in [0.5, 0.6) is 0 Å². The fourth-order valence-corrected chi connectivity index (χ4v) is 5.40. The van der Waals surface area contributed by atoms with E-state index in [0.717, 1.165) is 24.0 Å². The Labute approximate surface area is 140 Å². The third kappa shape index (κ3) is 3.10. The van der Waals surface area contributed by atoms with E-state index in [1.165, 1.54) is 11.6 Å². The zero-order chi connectivity index (χ0) is 16.7. The van der Waals surface area contributed by atoms with Gasteiger partial charge >= 0.3 is 0 Å². The largest absolute Gasteiger partial charge is 0.306 e. The predicted molar refractivity (Wildman–Crippen MR) is 88.8 cm³/mol. The zero-order valence-electron chi connectivity index (χ0n) is 13.3. The molecule has 1 aromatic heterocycles. The summed E-state index contributed by atoms with van der Waals surface area (Å²) in [6, 6.07) is 5.18. The Morgan fingerprint density at radius 1 is 1.33 bits per heavy atom. The minimum absolute atomic E-state index is 0.0427. The van der Waals surface area contributed by atoms with Gasteiger partial charge in [-0.05, 0) is 42.5 Å². The summed E-state index contributed by atoms with van der Waals surface area (Å²) in [7, 11) is -2.90. The van der Waals surface area contributed by atoms with Crippen molar-refractivity contribution in [3.63, 3.8) is 0 Å². The summed E-state index contributed by atoms with van der Waals surface area (Å²) in [5.41, 5.74) is 3.29. The van der Waals surface area contributed by atoms with Crippen molar-refractivity contribution in [3.8, 4) is 0 Å². The number of halogens is 1. The molecule has 0 spiro atoms. The van der Waals surface area contributed by atoms with Crippen LogP contribution in [0.1, 0.15) is 41.6 Å². The van der Waals surface area contributed by atoms with Crippen LogP contribution < -0.4 is 5.32 Å². The Morgan fingerprint density at radius 2 is 2.21 bits per heavy atom. The van der Waals surface area contributed by atoms with Crippen LogP contribution in [-0.4, -0.2) is 29.7 Å². The van der Waals surface area contributed by atoms with Gasteiger partial charge in [0, 0.05) is 24.3 Å². The highest BCUT2D eigenvalue weighted by molar-refractivity contribution is 7.91. The smallest absolute Gasteiger partial charge is 0.152 e. The van der Waals surface area contributed by atoms with E-state index in [4.69, 9.17) is 0 Å². The Kier molecular flexibility index (Phi) is 3.92. The summed E-state index contributed by atoms with van der Waals surface area (Å²) < 4.78 is 38.2. The van der Waals surface area contributed by atoms with E-state index in [1.807, 2.05) is 12.3 Å². The molecule has 7 heteroatoms. The molecule has 1 aliphatic heterocycles. The van der Waals surface area contributed by atoms with E-state index in [1.54, 1.807) is 16.9 Å². The quantitative estimate of drug-likeness (QED) is 0.919. The molecule has 2 aromatic rings. The Bertz CT molecular complexity index is 862. The fraction of sp³-hybridized carbons (Fsp3) is 0.471. The van der Waals surface area contributed by atoms with Gasteiger partial charge in [-0.3, -0.25) is 4.68 Å². The third-order valence-corrected chi connectivity index (χ3v) is 6.72. The number of aromatic nitrogens is 2. The highest BCUT2D eigenvalue weighted by Crippen LogP contribution is 2.31. The standard InChI is InChI=1S/C17H20FN3O2S/c18-14-2-3-16-13(7-14)1-4-17(16)19-8-12-9-20-21(10-12)15-5-6-24(22,23)11-15/h2-3,7,9-10,15,17,19H,1,4-6,8,11H2/t15-,17-/m1/s1. The van der Waals surface area contributed by atoms with Crippen LogP contribution in [0.15, 0.2) is 30.6 Å². The number of hydrogen-bond acceptors (Lipinski definition) is 4. The number of rotatable bonds is 4. The van der Waals surface area contributed by atoms with Gasteiger partial charge in [0.15, 0.2) is 9.84 Å². The van der Waals surface area contributed by atoms with Crippen molar-refractivity contribution in [3.05, 3.63) is 53.1 Å². The molecule has 0 radical (unpaired) electrons. The summed E-state index contributed by atoms with van der Waals surface area (Å²) in [5, 5.41) is 7.83. The van der Waals surface area contributed by atoms with Crippen LogP contribution in [-0.2, 0) is 22.8 Å². The van der Waals surface area contributed by atoms with Gasteiger partial charge < -0.3 is 5.32 Å². The van der Waals surface area contributed by atoms with Gasteiger partial charge in [-0.2, -0.15) is 5.10 Å². The Balaban J connectivity index is 1.40. The first-order chi connectivity index (χ1) is 11.5. The lowest BCUT2D eigenvalue weighted by atomic mass is 10.1. The average Bonchev–Trinajstić information content (AvgIpc) is 3.23. The molecule has 128 valence electrons. The molecule has 5 nitrogen and oxygen atoms in total. The second-order valence-electron chi connectivity index (χ2n) is 6.70. The van der Waals surface area contributed by atoms with Crippen LogP contribution in [0.3, 0.4) is 0 Å². The predicted octanol–water partition coefficient (Wildman–Crippen LogP) is 2.16. The molecule has 1 aromatic carbocycles. The summed E-state index contributed by atoms with van der Waals surface area (Å²) >= 11 is 0. The number of aryl methyl sites for hydroxylation is 1. The third-order valence-electron chi connectivity index (χ3n) is 4.97. The molecule has 2 aliphatic rings. The van der Waals surface area contributed by atoms with Crippen molar-refractivity contribution in [1.29, 1.82) is 0 Å². The van der Waals surface area contributed by atoms with Crippen LogP contribution in [0, 0.1) is 5.82 Å². The summed E-state index contributed by atoms with van der Waals surface area (Å²) in [6.07, 6.45) is 6.22. The molecule has 4 rings (SSSR count). The molecule has 2 heterocycles. The molecular formula is C17H20FN3O2S. The number of benzene rings is 1. The van der Waals surface area contributed by atoms with Gasteiger partial charge in [0.05, 0.1) is 23.7 Å². The second kappa shape index (κ2) is 5.97. The maximum absolute atomic E-state index is 13.3. The zero-order valence-corrected chi connectivity index (χ0v) is 14.1. The number of fused-ring (bicyclic) bond motifs is 1. The lowest BCUT2D eigenvalue weighted by Gasteiger charge is -2.13. The van der Waals surface area contributed by atoms with Crippen LogP contribution >= 0.6 is 0 Å². The molecule has 1 saturated heterocycles. The first kappa shape index (κ1) is 15.8. The van der Waals surface area contributed by atoms with Gasteiger partial charge in [-0.25, -0.2) is 12.8 Å². The van der Waals surface area contributed by atoms with Gasteiger partial charge in [0.25, 0.3) is 0 Å². The van der Waals surface area contributed by atoms with Crippen molar-refractivity contribution >= 4 is 9.84 Å². The number of nitrogens with one attached hydrogen (secondary N) is 1. The van der Waals surface area contributed by atoms with Crippen LogP contribution in [0.2, 0.25) is 0 Å². The molecule has 1 fully saturated rings. The first-order valence-electron chi connectivity index (χ1n) is 8.25. The summed E-state index contributed by atoms with van der Waals surface area (Å²) in [4.78, 5) is 0. The van der Waals surface area contributed by atoms with Crippen molar-refractivity contribution in [2.75, 3.05) is 11.5 Å². The van der Waals surface area contributed by atoms with Gasteiger partial charge in [-0.1, -0.05) is 6.07 Å². The van der Waals surface area contributed by atoms with Gasteiger partial charge in [-0.15, -0.1) is 0 Å². The molecule has 0 amide bonds. The summed E-state index contributed by atoms with van der Waals surface area (Å²) in [5.74, 6) is 0.256. The maximum atomic E-state index is 13.3. The number of sulfone groups is 1. The SMILES string of the molecule is O=S1(=O)CC[C@@H](n2cc(CN[C@@H]3CCc4cc(F)ccc43)cn2)C1. The van der Waals surface area contributed by atoms with Crippen LogP contribution in [0.25, 0.3) is 0 Å². The number of hydrogen-bond donors (Lipinski definition) is 1. The topological polar surface area (TPSA) is 64.0 Å². The molecule has 1 N–H and O–H groups in total. The molecule has 24 heavy (non-hydrogen) atoms.